The van der Waals surface area contributed by atoms with E-state index in [2.05, 4.69) is 5.32 Å². The minimum atomic E-state index is -0.157. The second-order valence-corrected chi connectivity index (χ2v) is 5.53. The van der Waals surface area contributed by atoms with Crippen molar-refractivity contribution in [2.75, 3.05) is 32.7 Å². The standard InChI is InChI=1S/C16H23N3O4/c1-2-3-6-14(20)17-12-15(21)18-7-9-19(10-8-18)16(22)13-5-4-11-23-13/h4-5,11H,2-3,6-10,12H2,1H3,(H,17,20). The van der Waals surface area contributed by atoms with Crippen LogP contribution >= 0.6 is 0 Å². The Labute approximate surface area is 135 Å². The van der Waals surface area contributed by atoms with Gasteiger partial charge in [-0.05, 0) is 18.6 Å². The van der Waals surface area contributed by atoms with Crippen LogP contribution in [0.5, 0.6) is 0 Å². The summed E-state index contributed by atoms with van der Waals surface area (Å²) in [5.41, 5.74) is 0. The maximum atomic E-state index is 12.1. The molecule has 0 atom stereocenters. The van der Waals surface area contributed by atoms with Crippen LogP contribution in [-0.4, -0.2) is 60.2 Å². The first-order valence-electron chi connectivity index (χ1n) is 7.99. The molecule has 0 aromatic carbocycles. The van der Waals surface area contributed by atoms with Crippen LogP contribution in [0, 0.1) is 0 Å². The molecule has 0 spiro atoms. The van der Waals surface area contributed by atoms with Crippen molar-refractivity contribution in [2.45, 2.75) is 26.2 Å². The van der Waals surface area contributed by atoms with Crippen molar-refractivity contribution < 1.29 is 18.8 Å². The predicted octanol–water partition coefficient (Wildman–Crippen LogP) is 0.870. The fourth-order valence-electron chi connectivity index (χ4n) is 2.43. The van der Waals surface area contributed by atoms with Crippen LogP contribution in [0.15, 0.2) is 22.8 Å². The molecule has 7 heteroatoms. The number of unbranched alkanes of at least 4 members (excludes halogenated alkanes) is 1. The lowest BCUT2D eigenvalue weighted by atomic mass is 10.2. The highest BCUT2D eigenvalue weighted by molar-refractivity contribution is 5.91. The van der Waals surface area contributed by atoms with Crippen molar-refractivity contribution in [2.24, 2.45) is 0 Å². The van der Waals surface area contributed by atoms with E-state index >= 15 is 0 Å². The van der Waals surface area contributed by atoms with Crippen LogP contribution in [-0.2, 0) is 9.59 Å². The Morgan fingerprint density at radius 1 is 1.17 bits per heavy atom. The zero-order valence-electron chi connectivity index (χ0n) is 13.4. The molecule has 1 saturated heterocycles. The van der Waals surface area contributed by atoms with Crippen molar-refractivity contribution in [1.29, 1.82) is 0 Å². The van der Waals surface area contributed by atoms with Crippen LogP contribution in [0.25, 0.3) is 0 Å². The van der Waals surface area contributed by atoms with Gasteiger partial charge in [0.25, 0.3) is 5.91 Å². The molecule has 23 heavy (non-hydrogen) atoms. The maximum Gasteiger partial charge on any atom is 0.289 e. The van der Waals surface area contributed by atoms with Gasteiger partial charge in [0.05, 0.1) is 12.8 Å². The third kappa shape index (κ3) is 4.84. The van der Waals surface area contributed by atoms with Gasteiger partial charge in [0.15, 0.2) is 5.76 Å². The maximum absolute atomic E-state index is 12.1. The first kappa shape index (κ1) is 17.1. The Balaban J connectivity index is 1.72. The molecule has 0 aliphatic carbocycles. The van der Waals surface area contributed by atoms with Gasteiger partial charge in [-0.25, -0.2) is 0 Å². The van der Waals surface area contributed by atoms with Crippen molar-refractivity contribution in [3.8, 4) is 0 Å². The van der Waals surface area contributed by atoms with Crippen LogP contribution in [0.2, 0.25) is 0 Å². The average molecular weight is 321 g/mol. The van der Waals surface area contributed by atoms with E-state index in [1.807, 2.05) is 6.92 Å². The van der Waals surface area contributed by atoms with Gasteiger partial charge < -0.3 is 19.5 Å². The second kappa shape index (κ2) is 8.36. The number of nitrogens with one attached hydrogen (secondary N) is 1. The summed E-state index contributed by atoms with van der Waals surface area (Å²) >= 11 is 0. The number of carbonyl (C=O) groups is 3. The number of rotatable bonds is 6. The molecule has 1 fully saturated rings. The smallest absolute Gasteiger partial charge is 0.289 e. The zero-order valence-corrected chi connectivity index (χ0v) is 13.4. The van der Waals surface area contributed by atoms with Crippen LogP contribution in [0.4, 0.5) is 0 Å². The predicted molar refractivity (Wildman–Crippen MR) is 83.7 cm³/mol. The molecule has 1 aromatic heterocycles. The largest absolute Gasteiger partial charge is 0.459 e. The lowest BCUT2D eigenvalue weighted by Crippen LogP contribution is -2.52. The van der Waals surface area contributed by atoms with E-state index in [1.165, 1.54) is 6.26 Å². The number of hydrogen-bond donors (Lipinski definition) is 1. The van der Waals surface area contributed by atoms with Crippen molar-refractivity contribution >= 4 is 17.7 Å². The summed E-state index contributed by atoms with van der Waals surface area (Å²) in [6.45, 7) is 3.91. The second-order valence-electron chi connectivity index (χ2n) is 5.53. The molecule has 0 saturated carbocycles. The molecule has 0 unspecified atom stereocenters. The van der Waals surface area contributed by atoms with Gasteiger partial charge in [-0.15, -0.1) is 0 Å². The molecular weight excluding hydrogens is 298 g/mol. The average Bonchev–Trinajstić information content (AvgIpc) is 3.11. The molecule has 0 bridgehead atoms. The van der Waals surface area contributed by atoms with Crippen molar-refractivity contribution in [1.82, 2.24) is 15.1 Å². The number of furan rings is 1. The number of nitrogens with zero attached hydrogens (tertiary/aromatic N) is 2. The van der Waals surface area contributed by atoms with Gasteiger partial charge in [-0.2, -0.15) is 0 Å². The summed E-state index contributed by atoms with van der Waals surface area (Å²) in [5, 5.41) is 2.65. The van der Waals surface area contributed by atoms with Crippen LogP contribution < -0.4 is 5.32 Å². The van der Waals surface area contributed by atoms with E-state index in [0.717, 1.165) is 12.8 Å². The molecule has 7 nitrogen and oxygen atoms in total. The van der Waals surface area contributed by atoms with E-state index < -0.39 is 0 Å². The van der Waals surface area contributed by atoms with Gasteiger partial charge in [-0.3, -0.25) is 14.4 Å². The van der Waals surface area contributed by atoms with Crippen LogP contribution in [0.1, 0.15) is 36.7 Å². The van der Waals surface area contributed by atoms with Gasteiger partial charge >= 0.3 is 0 Å². The lowest BCUT2D eigenvalue weighted by molar-refractivity contribution is -0.134. The minimum absolute atomic E-state index is 0.0225. The van der Waals surface area contributed by atoms with Crippen LogP contribution in [0.3, 0.4) is 0 Å². The van der Waals surface area contributed by atoms with Gasteiger partial charge in [0.2, 0.25) is 11.8 Å². The fraction of sp³-hybridized carbons (Fsp3) is 0.562. The molecule has 1 aliphatic rings. The third-order valence-electron chi connectivity index (χ3n) is 3.85. The Bertz CT molecular complexity index is 534. The molecule has 3 amide bonds. The summed E-state index contributed by atoms with van der Waals surface area (Å²) in [6, 6.07) is 3.31. The highest BCUT2D eigenvalue weighted by atomic mass is 16.3. The van der Waals surface area contributed by atoms with Gasteiger partial charge in [0, 0.05) is 32.6 Å². The molecule has 2 heterocycles. The SMILES string of the molecule is CCCCC(=O)NCC(=O)N1CCN(C(=O)c2ccco2)CC1. The first-order valence-corrected chi connectivity index (χ1v) is 7.99. The van der Waals surface area contributed by atoms with E-state index in [9.17, 15) is 14.4 Å². The Morgan fingerprint density at radius 3 is 2.48 bits per heavy atom. The van der Waals surface area contributed by atoms with Gasteiger partial charge in [0.1, 0.15) is 0 Å². The number of amides is 3. The summed E-state index contributed by atoms with van der Waals surface area (Å²) in [6.07, 6.45) is 3.70. The van der Waals surface area contributed by atoms with E-state index in [-0.39, 0.29) is 24.3 Å². The number of hydrogen-bond acceptors (Lipinski definition) is 4. The first-order chi connectivity index (χ1) is 11.1. The zero-order chi connectivity index (χ0) is 16.7. The van der Waals surface area contributed by atoms with Crippen molar-refractivity contribution in [3.05, 3.63) is 24.2 Å². The van der Waals surface area contributed by atoms with E-state index in [0.29, 0.717) is 38.4 Å². The molecule has 126 valence electrons. The summed E-state index contributed by atoms with van der Waals surface area (Å²) in [5.74, 6) is -0.0466. The topological polar surface area (TPSA) is 82.9 Å². The normalized spacial score (nSPS) is 14.7. The van der Waals surface area contributed by atoms with Gasteiger partial charge in [-0.1, -0.05) is 13.3 Å². The van der Waals surface area contributed by atoms with E-state index in [4.69, 9.17) is 4.42 Å². The number of piperazine rings is 1. The highest BCUT2D eigenvalue weighted by Gasteiger charge is 2.25. The highest BCUT2D eigenvalue weighted by Crippen LogP contribution is 2.09. The summed E-state index contributed by atoms with van der Waals surface area (Å²) < 4.78 is 5.10. The number of carbonyl (C=O) groups excluding carboxylic acids is 3. The lowest BCUT2D eigenvalue weighted by Gasteiger charge is -2.34. The fourth-order valence-corrected chi connectivity index (χ4v) is 2.43. The third-order valence-corrected chi connectivity index (χ3v) is 3.85. The molecule has 2 rings (SSSR count). The Morgan fingerprint density at radius 2 is 1.87 bits per heavy atom. The van der Waals surface area contributed by atoms with E-state index in [1.54, 1.807) is 21.9 Å². The molecule has 0 radical (unpaired) electrons. The summed E-state index contributed by atoms with van der Waals surface area (Å²) in [7, 11) is 0. The Kier molecular flexibility index (Phi) is 6.19. The molecule has 1 aromatic rings. The monoisotopic (exact) mass is 321 g/mol. The molecule has 1 aliphatic heterocycles. The van der Waals surface area contributed by atoms with Crippen molar-refractivity contribution in [3.63, 3.8) is 0 Å². The quantitative estimate of drug-likeness (QED) is 0.843. The molecular formula is C16H23N3O4. The minimum Gasteiger partial charge on any atom is -0.459 e. The molecule has 1 N–H and O–H groups in total. The Hall–Kier alpha value is -2.31. The summed E-state index contributed by atoms with van der Waals surface area (Å²) in [4.78, 5) is 39.1.